The molecule has 2 aliphatic rings. The summed E-state index contributed by atoms with van der Waals surface area (Å²) >= 11 is 6.00. The summed E-state index contributed by atoms with van der Waals surface area (Å²) in [6, 6.07) is 12.2. The SMILES string of the molecule is Cc1ccc(Cl)cc1NC(=O)COc1ccc(N2C[C@H](C(=O)NCCCN3CCOCC3)CC2=O)cc1. The van der Waals surface area contributed by atoms with Gasteiger partial charge in [-0.3, -0.25) is 19.3 Å². The molecule has 0 bridgehead atoms. The number of carbonyl (C=O) groups excluding carboxylic acids is 3. The first kappa shape index (κ1) is 26.9. The first-order valence-electron chi connectivity index (χ1n) is 12.6. The Labute approximate surface area is 222 Å². The van der Waals surface area contributed by atoms with E-state index in [9.17, 15) is 14.4 Å². The predicted octanol–water partition coefficient (Wildman–Crippen LogP) is 2.86. The first-order valence-corrected chi connectivity index (χ1v) is 12.9. The third kappa shape index (κ3) is 7.67. The minimum atomic E-state index is -0.370. The van der Waals surface area contributed by atoms with Crippen LogP contribution in [0.4, 0.5) is 11.4 Å². The molecule has 1 atom stereocenters. The second kappa shape index (κ2) is 12.9. The Kier molecular flexibility index (Phi) is 9.38. The number of nitrogens with one attached hydrogen (secondary N) is 2. The summed E-state index contributed by atoms with van der Waals surface area (Å²) in [5, 5.41) is 6.30. The van der Waals surface area contributed by atoms with Crippen LogP contribution in [0.15, 0.2) is 42.5 Å². The van der Waals surface area contributed by atoms with Crippen LogP contribution < -0.4 is 20.3 Å². The first-order chi connectivity index (χ1) is 17.9. The molecule has 4 rings (SSSR count). The van der Waals surface area contributed by atoms with Crippen molar-refractivity contribution in [3.63, 3.8) is 0 Å². The molecule has 10 heteroatoms. The summed E-state index contributed by atoms with van der Waals surface area (Å²) in [7, 11) is 0. The third-order valence-corrected chi connectivity index (χ3v) is 6.78. The van der Waals surface area contributed by atoms with Gasteiger partial charge in [0.1, 0.15) is 5.75 Å². The molecule has 2 aromatic rings. The number of ether oxygens (including phenoxy) is 2. The highest BCUT2D eigenvalue weighted by Gasteiger charge is 2.35. The quantitative estimate of drug-likeness (QED) is 0.460. The zero-order chi connectivity index (χ0) is 26.2. The Morgan fingerprint density at radius 1 is 1.14 bits per heavy atom. The summed E-state index contributed by atoms with van der Waals surface area (Å²) < 4.78 is 10.9. The Morgan fingerprint density at radius 2 is 1.89 bits per heavy atom. The Balaban J connectivity index is 1.20. The molecule has 2 N–H and O–H groups in total. The number of morpholine rings is 1. The van der Waals surface area contributed by atoms with Gasteiger partial charge in [0.2, 0.25) is 11.8 Å². The van der Waals surface area contributed by atoms with Crippen LogP contribution in [0.5, 0.6) is 5.75 Å². The number of anilines is 2. The maximum Gasteiger partial charge on any atom is 0.262 e. The molecule has 9 nitrogen and oxygen atoms in total. The highest BCUT2D eigenvalue weighted by atomic mass is 35.5. The predicted molar refractivity (Wildman–Crippen MR) is 142 cm³/mol. The fourth-order valence-electron chi connectivity index (χ4n) is 4.40. The van der Waals surface area contributed by atoms with Crippen molar-refractivity contribution in [1.29, 1.82) is 0 Å². The molecule has 198 valence electrons. The molecule has 2 aliphatic heterocycles. The van der Waals surface area contributed by atoms with Crippen LogP contribution in [0, 0.1) is 12.8 Å². The number of nitrogens with zero attached hydrogens (tertiary/aromatic N) is 2. The van der Waals surface area contributed by atoms with E-state index >= 15 is 0 Å². The van der Waals surface area contributed by atoms with E-state index in [0.717, 1.165) is 44.8 Å². The second-order valence-electron chi connectivity index (χ2n) is 9.29. The van der Waals surface area contributed by atoms with Gasteiger partial charge in [-0.1, -0.05) is 17.7 Å². The zero-order valence-electron chi connectivity index (χ0n) is 21.0. The van der Waals surface area contributed by atoms with Crippen LogP contribution in [0.1, 0.15) is 18.4 Å². The molecule has 2 aromatic carbocycles. The molecule has 0 radical (unpaired) electrons. The molecule has 37 heavy (non-hydrogen) atoms. The Morgan fingerprint density at radius 3 is 2.65 bits per heavy atom. The van der Waals surface area contributed by atoms with Crippen molar-refractivity contribution >= 4 is 40.7 Å². The smallest absolute Gasteiger partial charge is 0.262 e. The number of amides is 3. The van der Waals surface area contributed by atoms with Crippen LogP contribution in [-0.4, -0.2) is 75.2 Å². The number of hydrogen-bond acceptors (Lipinski definition) is 6. The van der Waals surface area contributed by atoms with Crippen LogP contribution in [-0.2, 0) is 19.1 Å². The van der Waals surface area contributed by atoms with E-state index in [1.165, 1.54) is 0 Å². The zero-order valence-corrected chi connectivity index (χ0v) is 21.8. The monoisotopic (exact) mass is 528 g/mol. The summed E-state index contributed by atoms with van der Waals surface area (Å²) in [5.74, 6) is -0.339. The molecule has 2 heterocycles. The molecular weight excluding hydrogens is 496 g/mol. The van der Waals surface area contributed by atoms with E-state index in [1.54, 1.807) is 41.3 Å². The van der Waals surface area contributed by atoms with Gasteiger partial charge in [-0.05, 0) is 61.9 Å². The molecule has 2 saturated heterocycles. The molecule has 0 aliphatic carbocycles. The van der Waals surface area contributed by atoms with Gasteiger partial charge in [0.15, 0.2) is 6.61 Å². The van der Waals surface area contributed by atoms with Gasteiger partial charge in [-0.2, -0.15) is 0 Å². The fraction of sp³-hybridized carbons (Fsp3) is 0.444. The standard InChI is InChI=1S/C27H33ClN4O5/c1-19-3-4-21(28)16-24(19)30-25(33)18-37-23-7-5-22(6-8-23)32-17-20(15-26(32)34)27(35)29-9-2-10-31-11-13-36-14-12-31/h3-8,16,20H,2,9-15,17-18H2,1H3,(H,29,35)(H,30,33)/t20-/m1/s1. The maximum absolute atomic E-state index is 12.6. The van der Waals surface area contributed by atoms with Gasteiger partial charge in [0, 0.05) is 49.0 Å². The molecule has 0 saturated carbocycles. The van der Waals surface area contributed by atoms with Crippen LogP contribution in [0.25, 0.3) is 0 Å². The molecule has 0 aromatic heterocycles. The highest BCUT2D eigenvalue weighted by molar-refractivity contribution is 6.31. The van der Waals surface area contributed by atoms with Crippen LogP contribution in [0.2, 0.25) is 5.02 Å². The lowest BCUT2D eigenvalue weighted by Gasteiger charge is -2.26. The number of rotatable bonds is 10. The van der Waals surface area contributed by atoms with Crippen molar-refractivity contribution in [3.05, 3.63) is 53.1 Å². The molecular formula is C27H33ClN4O5. The number of carbonyl (C=O) groups is 3. The van der Waals surface area contributed by atoms with Crippen LogP contribution in [0.3, 0.4) is 0 Å². The lowest BCUT2D eigenvalue weighted by molar-refractivity contribution is -0.126. The number of aryl methyl sites for hydroxylation is 1. The highest BCUT2D eigenvalue weighted by Crippen LogP contribution is 2.27. The molecule has 0 spiro atoms. The van der Waals surface area contributed by atoms with Gasteiger partial charge in [0.05, 0.1) is 19.1 Å². The number of halogens is 1. The van der Waals surface area contributed by atoms with Gasteiger partial charge in [-0.15, -0.1) is 0 Å². The van der Waals surface area contributed by atoms with E-state index in [1.807, 2.05) is 13.0 Å². The third-order valence-electron chi connectivity index (χ3n) is 6.54. The second-order valence-corrected chi connectivity index (χ2v) is 9.73. The van der Waals surface area contributed by atoms with Crippen molar-refractivity contribution in [2.75, 3.05) is 62.8 Å². The summed E-state index contributed by atoms with van der Waals surface area (Å²) in [5.41, 5.74) is 2.23. The largest absolute Gasteiger partial charge is 0.484 e. The number of hydrogen-bond donors (Lipinski definition) is 2. The Hall–Kier alpha value is -3.14. The maximum atomic E-state index is 12.6. The van der Waals surface area contributed by atoms with Gasteiger partial charge < -0.3 is 25.0 Å². The molecule has 3 amide bonds. The van der Waals surface area contributed by atoms with E-state index in [-0.39, 0.29) is 36.7 Å². The van der Waals surface area contributed by atoms with E-state index in [4.69, 9.17) is 21.1 Å². The average molecular weight is 529 g/mol. The van der Waals surface area contributed by atoms with Gasteiger partial charge in [0.25, 0.3) is 5.91 Å². The van der Waals surface area contributed by atoms with Crippen molar-refractivity contribution < 1.29 is 23.9 Å². The van der Waals surface area contributed by atoms with Crippen LogP contribution >= 0.6 is 11.6 Å². The van der Waals surface area contributed by atoms with Crippen molar-refractivity contribution in [1.82, 2.24) is 10.2 Å². The van der Waals surface area contributed by atoms with E-state index < -0.39 is 0 Å². The summed E-state index contributed by atoms with van der Waals surface area (Å²) in [6.07, 6.45) is 1.06. The minimum Gasteiger partial charge on any atom is -0.484 e. The summed E-state index contributed by atoms with van der Waals surface area (Å²) in [6.45, 7) is 6.97. The Bertz CT molecular complexity index is 1100. The average Bonchev–Trinajstić information content (AvgIpc) is 3.30. The lowest BCUT2D eigenvalue weighted by atomic mass is 10.1. The minimum absolute atomic E-state index is 0.0845. The van der Waals surface area contributed by atoms with E-state index in [2.05, 4.69) is 15.5 Å². The van der Waals surface area contributed by atoms with E-state index in [0.29, 0.717) is 35.2 Å². The topological polar surface area (TPSA) is 100 Å². The van der Waals surface area contributed by atoms with Crippen molar-refractivity contribution in [2.45, 2.75) is 19.8 Å². The molecule has 2 fully saturated rings. The summed E-state index contributed by atoms with van der Waals surface area (Å²) in [4.78, 5) is 41.4. The van der Waals surface area contributed by atoms with Gasteiger partial charge >= 0.3 is 0 Å². The van der Waals surface area contributed by atoms with Crippen molar-refractivity contribution in [2.24, 2.45) is 5.92 Å². The van der Waals surface area contributed by atoms with Gasteiger partial charge in [-0.25, -0.2) is 0 Å². The lowest BCUT2D eigenvalue weighted by Crippen LogP contribution is -2.39. The number of benzene rings is 2. The van der Waals surface area contributed by atoms with Crippen molar-refractivity contribution in [3.8, 4) is 5.75 Å². The normalized spacial score (nSPS) is 18.1. The fourth-order valence-corrected chi connectivity index (χ4v) is 4.57. The molecule has 0 unspecified atom stereocenters.